The topological polar surface area (TPSA) is 36.0 Å². The Morgan fingerprint density at radius 2 is 1.86 bits per heavy atom. The summed E-state index contributed by atoms with van der Waals surface area (Å²) in [5.74, 6) is 0.364. The number of hydrogen-bond donors (Lipinski definition) is 2. The minimum absolute atomic E-state index is 0.364. The number of aromatic hydroxyl groups is 1. The van der Waals surface area contributed by atoms with Crippen LogP contribution in [-0.2, 0) is 6.42 Å². The molecule has 0 radical (unpaired) electrons. The molecule has 0 aliphatic rings. The van der Waals surface area contributed by atoms with E-state index in [1.165, 1.54) is 29.4 Å². The zero-order chi connectivity index (χ0) is 15.5. The van der Waals surface area contributed by atoms with Crippen LogP contribution in [0.15, 0.2) is 42.5 Å². The van der Waals surface area contributed by atoms with Gasteiger partial charge >= 0.3 is 0 Å². The Hall–Kier alpha value is -2.22. The number of phenols is 1. The van der Waals surface area contributed by atoms with Crippen LogP contribution in [0.5, 0.6) is 5.75 Å². The van der Waals surface area contributed by atoms with Crippen molar-refractivity contribution in [3.05, 3.63) is 53.6 Å². The molecular weight excluding hydrogens is 270 g/mol. The lowest BCUT2D eigenvalue weighted by Gasteiger charge is -2.13. The lowest BCUT2D eigenvalue weighted by molar-refractivity contribution is 0.476. The summed E-state index contributed by atoms with van der Waals surface area (Å²) < 4.78 is 0. The van der Waals surface area contributed by atoms with Crippen LogP contribution < -0.4 is 0 Å². The third kappa shape index (κ3) is 2.74. The predicted molar refractivity (Wildman–Crippen MR) is 93.4 cm³/mol. The number of benzene rings is 2. The summed E-state index contributed by atoms with van der Waals surface area (Å²) in [6.07, 6.45) is 4.60. The van der Waals surface area contributed by atoms with E-state index in [0.29, 0.717) is 5.75 Å². The molecule has 0 spiro atoms. The highest BCUT2D eigenvalue weighted by Crippen LogP contribution is 2.36. The van der Waals surface area contributed by atoms with Gasteiger partial charge in [-0.2, -0.15) is 0 Å². The molecule has 2 heteroatoms. The number of unbranched alkanes of at least 4 members (excludes halogenated alkanes) is 2. The standard InChI is InChI=1S/C20H23NO/c1-3-4-5-9-16-14(2)11-12-19(22)20(16)18-13-15-8-6-7-10-17(15)21-18/h6-8,10-13,21-22H,3-5,9H2,1-2H3. The van der Waals surface area contributed by atoms with E-state index in [1.54, 1.807) is 6.07 Å². The fourth-order valence-corrected chi connectivity index (χ4v) is 3.12. The number of aromatic amines is 1. The Morgan fingerprint density at radius 1 is 1.05 bits per heavy atom. The number of aromatic nitrogens is 1. The molecule has 0 aliphatic carbocycles. The van der Waals surface area contributed by atoms with Crippen molar-refractivity contribution in [2.75, 3.05) is 0 Å². The summed E-state index contributed by atoms with van der Waals surface area (Å²) in [5, 5.41) is 11.6. The maximum atomic E-state index is 10.4. The number of rotatable bonds is 5. The third-order valence-corrected chi connectivity index (χ3v) is 4.35. The van der Waals surface area contributed by atoms with Gasteiger partial charge in [0.25, 0.3) is 0 Å². The first kappa shape index (κ1) is 14.7. The minimum atomic E-state index is 0.364. The van der Waals surface area contributed by atoms with Crippen molar-refractivity contribution in [3.63, 3.8) is 0 Å². The van der Waals surface area contributed by atoms with Gasteiger partial charge in [-0.3, -0.25) is 0 Å². The maximum absolute atomic E-state index is 10.4. The smallest absolute Gasteiger partial charge is 0.125 e. The lowest BCUT2D eigenvalue weighted by Crippen LogP contribution is -1.95. The first-order chi connectivity index (χ1) is 10.7. The SMILES string of the molecule is CCCCCc1c(C)ccc(O)c1-c1cc2ccccc2[nH]1. The number of aryl methyl sites for hydroxylation is 1. The van der Waals surface area contributed by atoms with Gasteiger partial charge in [-0.1, -0.05) is 44.0 Å². The molecule has 0 fully saturated rings. The van der Waals surface area contributed by atoms with Crippen LogP contribution in [0.4, 0.5) is 0 Å². The van der Waals surface area contributed by atoms with Crippen LogP contribution in [0.3, 0.4) is 0 Å². The Labute approximate surface area is 131 Å². The molecule has 2 N–H and O–H groups in total. The first-order valence-corrected chi connectivity index (χ1v) is 8.10. The molecule has 1 aromatic heterocycles. The highest BCUT2D eigenvalue weighted by atomic mass is 16.3. The number of hydrogen-bond acceptors (Lipinski definition) is 1. The zero-order valence-electron chi connectivity index (χ0n) is 13.3. The molecular formula is C20H23NO. The lowest BCUT2D eigenvalue weighted by atomic mass is 9.94. The number of fused-ring (bicyclic) bond motifs is 1. The summed E-state index contributed by atoms with van der Waals surface area (Å²) in [6.45, 7) is 4.35. The van der Waals surface area contributed by atoms with Crippen molar-refractivity contribution in [3.8, 4) is 17.0 Å². The van der Waals surface area contributed by atoms with Gasteiger partial charge in [0.05, 0.1) is 5.69 Å². The molecule has 0 saturated heterocycles. The molecule has 1 heterocycles. The average molecular weight is 293 g/mol. The van der Waals surface area contributed by atoms with Gasteiger partial charge < -0.3 is 10.1 Å². The molecule has 3 aromatic rings. The second-order valence-electron chi connectivity index (χ2n) is 5.98. The van der Waals surface area contributed by atoms with Crippen LogP contribution >= 0.6 is 0 Å². The molecule has 0 amide bonds. The van der Waals surface area contributed by atoms with Crippen molar-refractivity contribution in [1.82, 2.24) is 4.98 Å². The molecule has 0 atom stereocenters. The third-order valence-electron chi connectivity index (χ3n) is 4.35. The first-order valence-electron chi connectivity index (χ1n) is 8.10. The molecule has 3 rings (SSSR count). The van der Waals surface area contributed by atoms with Gasteiger partial charge in [0, 0.05) is 16.5 Å². The van der Waals surface area contributed by atoms with E-state index in [9.17, 15) is 5.11 Å². The maximum Gasteiger partial charge on any atom is 0.125 e. The van der Waals surface area contributed by atoms with E-state index in [-0.39, 0.29) is 0 Å². The second kappa shape index (κ2) is 6.27. The molecule has 2 aromatic carbocycles. The van der Waals surface area contributed by atoms with Gasteiger partial charge in [-0.05, 0) is 49.1 Å². The van der Waals surface area contributed by atoms with E-state index in [1.807, 2.05) is 18.2 Å². The average Bonchev–Trinajstić information content (AvgIpc) is 2.94. The Bertz CT molecular complexity index is 753. The van der Waals surface area contributed by atoms with E-state index in [0.717, 1.165) is 29.6 Å². The van der Waals surface area contributed by atoms with Crippen LogP contribution in [-0.4, -0.2) is 10.1 Å². The minimum Gasteiger partial charge on any atom is -0.507 e. The molecule has 114 valence electrons. The van der Waals surface area contributed by atoms with E-state index >= 15 is 0 Å². The predicted octanol–water partition coefficient (Wildman–Crippen LogP) is 5.58. The number of phenolic OH excluding ortho intramolecular Hbond substituents is 1. The van der Waals surface area contributed by atoms with E-state index in [2.05, 4.69) is 37.0 Å². The van der Waals surface area contributed by atoms with Crippen molar-refractivity contribution in [1.29, 1.82) is 0 Å². The van der Waals surface area contributed by atoms with Crippen molar-refractivity contribution in [2.45, 2.75) is 39.5 Å². The summed E-state index contributed by atoms with van der Waals surface area (Å²) in [5.41, 5.74) is 5.60. The van der Waals surface area contributed by atoms with Crippen LogP contribution in [0.1, 0.15) is 37.3 Å². The van der Waals surface area contributed by atoms with Crippen molar-refractivity contribution < 1.29 is 5.11 Å². The molecule has 22 heavy (non-hydrogen) atoms. The van der Waals surface area contributed by atoms with Gasteiger partial charge in [-0.25, -0.2) is 0 Å². The molecule has 0 bridgehead atoms. The quantitative estimate of drug-likeness (QED) is 0.592. The molecule has 2 nitrogen and oxygen atoms in total. The van der Waals surface area contributed by atoms with Gasteiger partial charge in [0.2, 0.25) is 0 Å². The second-order valence-corrected chi connectivity index (χ2v) is 5.98. The number of H-pyrrole nitrogens is 1. The number of para-hydroxylation sites is 1. The fraction of sp³-hybridized carbons (Fsp3) is 0.300. The largest absolute Gasteiger partial charge is 0.507 e. The Morgan fingerprint density at radius 3 is 2.64 bits per heavy atom. The van der Waals surface area contributed by atoms with Crippen LogP contribution in [0, 0.1) is 6.92 Å². The fourth-order valence-electron chi connectivity index (χ4n) is 3.12. The highest BCUT2D eigenvalue weighted by Gasteiger charge is 2.14. The molecule has 0 unspecified atom stereocenters. The summed E-state index contributed by atoms with van der Waals surface area (Å²) >= 11 is 0. The number of nitrogens with one attached hydrogen (secondary N) is 1. The Kier molecular flexibility index (Phi) is 4.19. The van der Waals surface area contributed by atoms with Gasteiger partial charge in [0.15, 0.2) is 0 Å². The summed E-state index contributed by atoms with van der Waals surface area (Å²) in [7, 11) is 0. The van der Waals surface area contributed by atoms with Gasteiger partial charge in [-0.15, -0.1) is 0 Å². The molecule has 0 aliphatic heterocycles. The zero-order valence-corrected chi connectivity index (χ0v) is 13.3. The van der Waals surface area contributed by atoms with E-state index in [4.69, 9.17) is 0 Å². The van der Waals surface area contributed by atoms with Crippen molar-refractivity contribution >= 4 is 10.9 Å². The highest BCUT2D eigenvalue weighted by molar-refractivity contribution is 5.88. The summed E-state index contributed by atoms with van der Waals surface area (Å²) in [6, 6.07) is 14.2. The van der Waals surface area contributed by atoms with Crippen molar-refractivity contribution in [2.24, 2.45) is 0 Å². The normalized spacial score (nSPS) is 11.2. The van der Waals surface area contributed by atoms with Crippen LogP contribution in [0.2, 0.25) is 0 Å². The Balaban J connectivity index is 2.09. The molecule has 0 saturated carbocycles. The van der Waals surface area contributed by atoms with E-state index < -0.39 is 0 Å². The van der Waals surface area contributed by atoms with Gasteiger partial charge in [0.1, 0.15) is 5.75 Å². The monoisotopic (exact) mass is 293 g/mol. The van der Waals surface area contributed by atoms with Crippen LogP contribution in [0.25, 0.3) is 22.2 Å². The summed E-state index contributed by atoms with van der Waals surface area (Å²) in [4.78, 5) is 3.45.